The predicted octanol–water partition coefficient (Wildman–Crippen LogP) is 5.93. The number of aromatic nitrogens is 1. The maximum Gasteiger partial charge on any atom is 0.408 e. The van der Waals surface area contributed by atoms with Gasteiger partial charge < -0.3 is 29.0 Å². The van der Waals surface area contributed by atoms with Crippen LogP contribution >= 0.6 is 0 Å². The lowest BCUT2D eigenvalue weighted by atomic mass is 10.1. The van der Waals surface area contributed by atoms with E-state index >= 15 is 0 Å². The fourth-order valence-electron chi connectivity index (χ4n) is 4.09. The number of ether oxygens (including phenoxy) is 5. The second-order valence-electron chi connectivity index (χ2n) is 9.42. The number of methoxy groups -OCH3 is 2. The summed E-state index contributed by atoms with van der Waals surface area (Å²) in [7, 11) is 3.06. The van der Waals surface area contributed by atoms with Crippen molar-refractivity contribution in [3.8, 4) is 28.7 Å². The minimum atomic E-state index is -0.874. The van der Waals surface area contributed by atoms with Gasteiger partial charge in [0, 0.05) is 23.7 Å². The maximum absolute atomic E-state index is 14.4. The van der Waals surface area contributed by atoms with Crippen LogP contribution in [0.2, 0.25) is 0 Å². The van der Waals surface area contributed by atoms with Crippen LogP contribution in [0.3, 0.4) is 0 Å². The van der Waals surface area contributed by atoms with Gasteiger partial charge in [0.15, 0.2) is 23.1 Å². The van der Waals surface area contributed by atoms with Crippen molar-refractivity contribution < 1.29 is 37.8 Å². The summed E-state index contributed by atoms with van der Waals surface area (Å²) >= 11 is 0. The third kappa shape index (κ3) is 6.38. The topological polar surface area (TPSA) is 131 Å². The molecule has 0 atom stereocenters. The molecule has 41 heavy (non-hydrogen) atoms. The number of nitro groups is 1. The molecule has 0 aliphatic heterocycles. The van der Waals surface area contributed by atoms with Crippen molar-refractivity contribution in [3.05, 3.63) is 88.4 Å². The number of nitrogens with one attached hydrogen (secondary N) is 1. The summed E-state index contributed by atoms with van der Waals surface area (Å²) in [4.78, 5) is 27.0. The molecule has 1 heterocycles. The van der Waals surface area contributed by atoms with Gasteiger partial charge >= 0.3 is 6.09 Å². The van der Waals surface area contributed by atoms with Gasteiger partial charge in [0.1, 0.15) is 24.7 Å². The van der Waals surface area contributed by atoms with Crippen molar-refractivity contribution in [2.24, 2.45) is 0 Å². The third-order valence-electron chi connectivity index (χ3n) is 6.59. The molecule has 4 aromatic rings. The van der Waals surface area contributed by atoms with E-state index in [1.54, 1.807) is 37.4 Å². The van der Waals surface area contributed by atoms with E-state index in [1.165, 1.54) is 19.4 Å². The zero-order chi connectivity index (χ0) is 29.0. The Balaban J connectivity index is 1.25. The molecule has 1 aliphatic carbocycles. The Morgan fingerprint density at radius 2 is 1.78 bits per heavy atom. The number of alkyl carbamates (subject to hydrolysis) is 1. The number of carbonyl (C=O) groups excluding carboxylic acids is 1. The highest BCUT2D eigenvalue weighted by atomic mass is 19.1. The predicted molar refractivity (Wildman–Crippen MR) is 145 cm³/mol. The highest BCUT2D eigenvalue weighted by Gasteiger charge is 2.45. The molecule has 1 N–H and O–H groups in total. The highest BCUT2D eigenvalue weighted by molar-refractivity contribution is 5.88. The summed E-state index contributed by atoms with van der Waals surface area (Å²) in [5.74, 6) is 0.702. The third-order valence-corrected chi connectivity index (χ3v) is 6.59. The molecule has 1 amide bonds. The molecule has 3 aromatic carbocycles. The molecule has 1 aromatic heterocycles. The first-order valence-corrected chi connectivity index (χ1v) is 12.6. The van der Waals surface area contributed by atoms with Crippen molar-refractivity contribution in [3.63, 3.8) is 0 Å². The van der Waals surface area contributed by atoms with Crippen LogP contribution in [0.4, 0.5) is 14.9 Å². The first kappa shape index (κ1) is 27.4. The number of non-ortho nitro benzene ring substituents is 1. The van der Waals surface area contributed by atoms with Crippen LogP contribution in [0.1, 0.15) is 18.4 Å². The summed E-state index contributed by atoms with van der Waals surface area (Å²) in [6, 6.07) is 15.2. The van der Waals surface area contributed by atoms with E-state index in [-0.39, 0.29) is 30.4 Å². The molecule has 0 unspecified atom stereocenters. The fourth-order valence-corrected chi connectivity index (χ4v) is 4.09. The molecule has 0 radical (unpaired) electrons. The number of fused-ring (bicyclic) bond motifs is 1. The van der Waals surface area contributed by atoms with Crippen molar-refractivity contribution in [1.82, 2.24) is 10.3 Å². The monoisotopic (exact) mass is 563 g/mol. The van der Waals surface area contributed by atoms with Crippen LogP contribution < -0.4 is 24.3 Å². The minimum absolute atomic E-state index is 0.116. The molecule has 1 fully saturated rings. The Labute approximate surface area is 233 Å². The largest absolute Gasteiger partial charge is 0.497 e. The van der Waals surface area contributed by atoms with Crippen LogP contribution in [-0.4, -0.2) is 42.4 Å². The summed E-state index contributed by atoms with van der Waals surface area (Å²) in [5.41, 5.74) is 0.363. The van der Waals surface area contributed by atoms with E-state index in [2.05, 4.69) is 10.3 Å². The molecule has 11 nitrogen and oxygen atoms in total. The molecule has 1 saturated carbocycles. The second kappa shape index (κ2) is 11.5. The SMILES string of the molecule is COc1ccc(COC(=O)NC2(COc3cc4nccc(Oc5ccc([N+](=O)[O-])cc5F)c4cc3OC)CC2)cc1. The van der Waals surface area contributed by atoms with E-state index in [0.29, 0.717) is 28.2 Å². The van der Waals surface area contributed by atoms with Crippen LogP contribution in [0.15, 0.2) is 66.9 Å². The number of hydrogen-bond acceptors (Lipinski definition) is 9. The van der Waals surface area contributed by atoms with Crippen LogP contribution in [0.5, 0.6) is 28.7 Å². The van der Waals surface area contributed by atoms with E-state index in [4.69, 9.17) is 23.7 Å². The van der Waals surface area contributed by atoms with Crippen molar-refractivity contribution in [2.45, 2.75) is 25.0 Å². The average Bonchev–Trinajstić information content (AvgIpc) is 3.75. The van der Waals surface area contributed by atoms with Gasteiger partial charge in [-0.3, -0.25) is 15.1 Å². The molecule has 5 rings (SSSR count). The second-order valence-corrected chi connectivity index (χ2v) is 9.42. The maximum atomic E-state index is 14.4. The normalized spacial score (nSPS) is 13.2. The smallest absolute Gasteiger partial charge is 0.408 e. The number of nitro benzene ring substituents is 1. The standard InChI is InChI=1S/C29H26FN3O8/c1-37-20-6-3-18(4-7-20)16-39-28(34)32-29(10-11-29)17-40-27-15-23-21(14-26(27)38-2)24(9-12-31-23)41-25-8-5-19(33(35)36)13-22(25)30/h3-9,12-15H,10-11,16-17H2,1-2H3,(H,32,34). The number of rotatable bonds is 11. The van der Waals surface area contributed by atoms with Gasteiger partial charge in [0.25, 0.3) is 5.69 Å². The first-order chi connectivity index (χ1) is 19.8. The van der Waals surface area contributed by atoms with E-state index in [0.717, 1.165) is 30.5 Å². The van der Waals surface area contributed by atoms with Crippen LogP contribution in [0.25, 0.3) is 10.9 Å². The Bertz CT molecular complexity index is 1590. The highest BCUT2D eigenvalue weighted by Crippen LogP contribution is 2.40. The molecule has 0 saturated heterocycles. The molecule has 12 heteroatoms. The Morgan fingerprint density at radius 3 is 2.44 bits per heavy atom. The first-order valence-electron chi connectivity index (χ1n) is 12.6. The van der Waals surface area contributed by atoms with Gasteiger partial charge in [0.05, 0.1) is 36.3 Å². The van der Waals surface area contributed by atoms with Crippen LogP contribution in [-0.2, 0) is 11.3 Å². The number of pyridine rings is 1. The Kier molecular flexibility index (Phi) is 7.72. The zero-order valence-electron chi connectivity index (χ0n) is 22.2. The number of halogens is 1. The summed E-state index contributed by atoms with van der Waals surface area (Å²) in [6.45, 7) is 0.293. The van der Waals surface area contributed by atoms with Gasteiger partial charge in [-0.05, 0) is 48.7 Å². The molecule has 1 aliphatic rings. The molecular formula is C29H26FN3O8. The van der Waals surface area contributed by atoms with Gasteiger partial charge in [-0.2, -0.15) is 0 Å². The van der Waals surface area contributed by atoms with Crippen LogP contribution in [0, 0.1) is 15.9 Å². The van der Waals surface area contributed by atoms with Gasteiger partial charge in [-0.1, -0.05) is 12.1 Å². The van der Waals surface area contributed by atoms with Gasteiger partial charge in [-0.15, -0.1) is 0 Å². The average molecular weight is 564 g/mol. The fraction of sp³-hybridized carbons (Fsp3) is 0.241. The zero-order valence-corrected chi connectivity index (χ0v) is 22.2. The summed E-state index contributed by atoms with van der Waals surface area (Å²) in [6.07, 6.45) is 2.38. The van der Waals surface area contributed by atoms with Gasteiger partial charge in [0.2, 0.25) is 0 Å². The lowest BCUT2D eigenvalue weighted by Crippen LogP contribution is -2.41. The van der Waals surface area contributed by atoms with E-state index < -0.39 is 22.4 Å². The van der Waals surface area contributed by atoms with Gasteiger partial charge in [-0.25, -0.2) is 9.18 Å². The van der Waals surface area contributed by atoms with Crippen molar-refractivity contribution in [1.29, 1.82) is 0 Å². The lowest BCUT2D eigenvalue weighted by molar-refractivity contribution is -0.385. The Hall–Kier alpha value is -5.13. The van der Waals surface area contributed by atoms with Crippen molar-refractivity contribution in [2.75, 3.05) is 20.8 Å². The number of hydrogen-bond donors (Lipinski definition) is 1. The molecule has 212 valence electrons. The molecular weight excluding hydrogens is 537 g/mol. The minimum Gasteiger partial charge on any atom is -0.497 e. The summed E-state index contributed by atoms with van der Waals surface area (Å²) < 4.78 is 42.2. The number of amides is 1. The van der Waals surface area contributed by atoms with Crippen molar-refractivity contribution >= 4 is 22.7 Å². The van der Waals surface area contributed by atoms with E-state index in [9.17, 15) is 19.3 Å². The number of nitrogens with zero attached hydrogens (tertiary/aromatic N) is 2. The van der Waals surface area contributed by atoms with E-state index in [1.807, 2.05) is 12.1 Å². The number of benzene rings is 3. The lowest BCUT2D eigenvalue weighted by Gasteiger charge is -2.20. The Morgan fingerprint density at radius 1 is 1.00 bits per heavy atom. The summed E-state index contributed by atoms with van der Waals surface area (Å²) in [5, 5.41) is 14.3. The number of carbonyl (C=O) groups is 1. The quantitative estimate of drug-likeness (QED) is 0.174. The molecule has 0 spiro atoms. The molecule has 0 bridgehead atoms.